The van der Waals surface area contributed by atoms with Crippen molar-refractivity contribution in [3.63, 3.8) is 0 Å². The van der Waals surface area contributed by atoms with Gasteiger partial charge in [0.05, 0.1) is 14.2 Å². The van der Waals surface area contributed by atoms with Crippen LogP contribution >= 0.6 is 0 Å². The van der Waals surface area contributed by atoms with E-state index >= 15 is 0 Å². The maximum absolute atomic E-state index is 11.3. The van der Waals surface area contributed by atoms with Crippen molar-refractivity contribution in [2.45, 2.75) is 39.5 Å². The van der Waals surface area contributed by atoms with Crippen LogP contribution < -0.4 is 9.47 Å². The first-order valence-corrected chi connectivity index (χ1v) is 8.44. The number of hydrogen-bond acceptors (Lipinski definition) is 6. The van der Waals surface area contributed by atoms with Crippen molar-refractivity contribution >= 4 is 5.69 Å². The van der Waals surface area contributed by atoms with Crippen LogP contribution in [-0.2, 0) is 15.9 Å². The van der Waals surface area contributed by atoms with Crippen LogP contribution in [0, 0.1) is 4.91 Å². The second kappa shape index (κ2) is 9.11. The number of benzene rings is 1. The highest BCUT2D eigenvalue weighted by Gasteiger charge is 2.21. The molecule has 0 saturated heterocycles. The van der Waals surface area contributed by atoms with Crippen LogP contribution in [0.25, 0.3) is 0 Å². The first-order valence-electron chi connectivity index (χ1n) is 8.44. The first kappa shape index (κ1) is 18.8. The van der Waals surface area contributed by atoms with Gasteiger partial charge in [0, 0.05) is 18.9 Å². The Morgan fingerprint density at radius 3 is 2.48 bits per heavy atom. The second-order valence-electron chi connectivity index (χ2n) is 5.65. The largest absolute Gasteiger partial charge is 0.497 e. The summed E-state index contributed by atoms with van der Waals surface area (Å²) >= 11 is 0. The van der Waals surface area contributed by atoms with Gasteiger partial charge < -0.3 is 18.9 Å². The van der Waals surface area contributed by atoms with Crippen molar-refractivity contribution < 1.29 is 18.9 Å². The van der Waals surface area contributed by atoms with Gasteiger partial charge in [-0.05, 0) is 35.2 Å². The molecule has 136 valence electrons. The molecule has 0 spiro atoms. The minimum atomic E-state index is 0.155. The number of rotatable bonds is 9. The third kappa shape index (κ3) is 4.32. The van der Waals surface area contributed by atoms with Crippen LogP contribution in [0.4, 0.5) is 5.69 Å². The Labute approximate surface area is 148 Å². The highest BCUT2D eigenvalue weighted by atomic mass is 16.7. The molecule has 0 fully saturated rings. The van der Waals surface area contributed by atoms with Crippen LogP contribution in [-0.4, -0.2) is 21.0 Å². The SMILES string of the molecule is CC/C=C(Cc1cc2c(cc1N=O)OCO2)\C(OC)=C(/CCC)OC. The monoisotopic (exact) mass is 347 g/mol. The van der Waals surface area contributed by atoms with Crippen molar-refractivity contribution in [3.8, 4) is 11.5 Å². The molecule has 0 saturated carbocycles. The first-order chi connectivity index (χ1) is 12.2. The number of nitrogens with zero attached hydrogens (tertiary/aromatic N) is 1. The van der Waals surface area contributed by atoms with E-state index in [2.05, 4.69) is 25.1 Å². The van der Waals surface area contributed by atoms with Gasteiger partial charge >= 0.3 is 0 Å². The summed E-state index contributed by atoms with van der Waals surface area (Å²) in [5, 5.41) is 3.15. The fourth-order valence-corrected chi connectivity index (χ4v) is 2.86. The number of nitroso groups, excluding NO2 is 1. The number of hydrogen-bond donors (Lipinski definition) is 0. The smallest absolute Gasteiger partial charge is 0.231 e. The van der Waals surface area contributed by atoms with Gasteiger partial charge in [0.1, 0.15) is 11.4 Å². The zero-order chi connectivity index (χ0) is 18.2. The standard InChI is InChI=1S/C19H25NO5/c1-5-7-13(19(23-4)16(22-3)8-6-2)9-14-10-17-18(25-12-24-17)11-15(14)20-21/h7,10-11H,5-6,8-9,12H2,1-4H3/b13-7-,19-16-. The molecule has 0 aromatic heterocycles. The number of fused-ring (bicyclic) bond motifs is 1. The lowest BCUT2D eigenvalue weighted by atomic mass is 9.99. The fraction of sp³-hybridized carbons (Fsp3) is 0.474. The molecule has 0 bridgehead atoms. The molecule has 2 rings (SSSR count). The number of allylic oxidation sites excluding steroid dienone is 3. The van der Waals surface area contributed by atoms with Crippen molar-refractivity contribution in [2.75, 3.05) is 21.0 Å². The Morgan fingerprint density at radius 2 is 1.92 bits per heavy atom. The second-order valence-corrected chi connectivity index (χ2v) is 5.65. The topological polar surface area (TPSA) is 66.4 Å². The molecule has 0 unspecified atom stereocenters. The van der Waals surface area contributed by atoms with Crippen LogP contribution in [0.5, 0.6) is 11.5 Å². The lowest BCUT2D eigenvalue weighted by Crippen LogP contribution is -2.04. The van der Waals surface area contributed by atoms with Gasteiger partial charge in [-0.15, -0.1) is 4.91 Å². The predicted molar refractivity (Wildman–Crippen MR) is 96.1 cm³/mol. The van der Waals surface area contributed by atoms with Gasteiger partial charge in [0.25, 0.3) is 0 Å². The number of methoxy groups -OCH3 is 2. The van der Waals surface area contributed by atoms with Crippen molar-refractivity contribution in [3.05, 3.63) is 45.8 Å². The maximum atomic E-state index is 11.3. The van der Waals surface area contributed by atoms with E-state index in [1.807, 2.05) is 6.07 Å². The molecule has 0 N–H and O–H groups in total. The summed E-state index contributed by atoms with van der Waals surface area (Å²) in [6.07, 6.45) is 5.12. The molecule has 1 aliphatic rings. The van der Waals surface area contributed by atoms with Crippen LogP contribution in [0.3, 0.4) is 0 Å². The fourth-order valence-electron chi connectivity index (χ4n) is 2.86. The molecule has 6 heteroatoms. The molecule has 6 nitrogen and oxygen atoms in total. The Bertz CT molecular complexity index is 679. The average molecular weight is 347 g/mol. The highest BCUT2D eigenvalue weighted by Crippen LogP contribution is 2.39. The molecule has 0 atom stereocenters. The van der Waals surface area contributed by atoms with Gasteiger partial charge in [0.15, 0.2) is 17.3 Å². The van der Waals surface area contributed by atoms with Crippen molar-refractivity contribution in [2.24, 2.45) is 5.18 Å². The van der Waals surface area contributed by atoms with Crippen LogP contribution in [0.1, 0.15) is 38.7 Å². The Balaban J connectivity index is 2.43. The highest BCUT2D eigenvalue weighted by molar-refractivity contribution is 5.59. The van der Waals surface area contributed by atoms with E-state index in [4.69, 9.17) is 18.9 Å². The average Bonchev–Trinajstić information content (AvgIpc) is 3.08. The van der Waals surface area contributed by atoms with Gasteiger partial charge in [-0.25, -0.2) is 0 Å². The molecule has 25 heavy (non-hydrogen) atoms. The summed E-state index contributed by atoms with van der Waals surface area (Å²) < 4.78 is 21.9. The predicted octanol–water partition coefficient (Wildman–Crippen LogP) is 5.00. The summed E-state index contributed by atoms with van der Waals surface area (Å²) in [4.78, 5) is 11.3. The normalized spacial score (nSPS) is 14.2. The molecule has 0 radical (unpaired) electrons. The summed E-state index contributed by atoms with van der Waals surface area (Å²) in [6, 6.07) is 3.43. The lowest BCUT2D eigenvalue weighted by Gasteiger charge is -2.17. The molecular formula is C19H25NO5. The van der Waals surface area contributed by atoms with E-state index in [-0.39, 0.29) is 6.79 Å². The van der Waals surface area contributed by atoms with Gasteiger partial charge in [-0.3, -0.25) is 0 Å². The summed E-state index contributed by atoms with van der Waals surface area (Å²) in [6.45, 7) is 4.29. The van der Waals surface area contributed by atoms with E-state index in [1.54, 1.807) is 20.3 Å². The minimum Gasteiger partial charge on any atom is -0.497 e. The zero-order valence-electron chi connectivity index (χ0n) is 15.3. The summed E-state index contributed by atoms with van der Waals surface area (Å²) in [7, 11) is 3.28. The quantitative estimate of drug-likeness (QED) is 0.357. The molecular weight excluding hydrogens is 322 g/mol. The third-order valence-corrected chi connectivity index (χ3v) is 3.98. The van der Waals surface area contributed by atoms with Crippen LogP contribution in [0.15, 0.2) is 40.5 Å². The van der Waals surface area contributed by atoms with E-state index in [0.717, 1.165) is 36.2 Å². The van der Waals surface area contributed by atoms with E-state index in [9.17, 15) is 4.91 Å². The molecule has 1 heterocycles. The summed E-state index contributed by atoms with van der Waals surface area (Å²) in [5.74, 6) is 2.68. The van der Waals surface area contributed by atoms with Gasteiger partial charge in [-0.1, -0.05) is 19.9 Å². The zero-order valence-corrected chi connectivity index (χ0v) is 15.3. The Morgan fingerprint density at radius 1 is 1.20 bits per heavy atom. The molecule has 1 aromatic rings. The van der Waals surface area contributed by atoms with Gasteiger partial charge in [0.2, 0.25) is 6.79 Å². The van der Waals surface area contributed by atoms with Crippen molar-refractivity contribution in [1.82, 2.24) is 0 Å². The van der Waals surface area contributed by atoms with Crippen LogP contribution in [0.2, 0.25) is 0 Å². The molecule has 0 amide bonds. The van der Waals surface area contributed by atoms with Crippen molar-refractivity contribution in [1.29, 1.82) is 0 Å². The Kier molecular flexibility index (Phi) is 6.86. The van der Waals surface area contributed by atoms with Gasteiger partial charge in [-0.2, -0.15) is 0 Å². The maximum Gasteiger partial charge on any atom is 0.231 e. The molecule has 1 aliphatic heterocycles. The number of ether oxygens (including phenoxy) is 4. The molecule has 0 aliphatic carbocycles. The third-order valence-electron chi connectivity index (χ3n) is 3.98. The van der Waals surface area contributed by atoms with E-state index in [0.29, 0.717) is 29.4 Å². The van der Waals surface area contributed by atoms with E-state index in [1.165, 1.54) is 0 Å². The Hall–Kier alpha value is -2.50. The minimum absolute atomic E-state index is 0.155. The lowest BCUT2D eigenvalue weighted by molar-refractivity contribution is 0.174. The van der Waals surface area contributed by atoms with E-state index < -0.39 is 0 Å². The summed E-state index contributed by atoms with van der Waals surface area (Å²) in [5.41, 5.74) is 2.07. The molecule has 1 aromatic carbocycles.